The zero-order chi connectivity index (χ0) is 10.1. The topological polar surface area (TPSA) is 46.3 Å². The molecule has 1 saturated carbocycles. The van der Waals surface area contributed by atoms with Crippen LogP contribution in [0.5, 0.6) is 0 Å². The first-order valence-electron chi connectivity index (χ1n) is 5.68. The number of nitrogens with zero attached hydrogens (tertiary/aromatic N) is 1. The van der Waals surface area contributed by atoms with Gasteiger partial charge in [-0.3, -0.25) is 4.79 Å². The summed E-state index contributed by atoms with van der Waals surface area (Å²) in [6.45, 7) is 4.04. The van der Waals surface area contributed by atoms with Gasteiger partial charge in [0.25, 0.3) is 0 Å². The second-order valence-electron chi connectivity index (χ2n) is 5.05. The Morgan fingerprint density at radius 2 is 2.29 bits per heavy atom. The number of rotatable bonds is 2. The molecule has 1 heterocycles. The lowest BCUT2D eigenvalue weighted by molar-refractivity contribution is -0.128. The molecule has 0 spiro atoms. The number of amides is 1. The molecule has 2 N–H and O–H groups in total. The van der Waals surface area contributed by atoms with Crippen LogP contribution in [0.4, 0.5) is 0 Å². The van der Waals surface area contributed by atoms with Crippen molar-refractivity contribution >= 4 is 5.91 Å². The molecule has 3 unspecified atom stereocenters. The molecule has 1 aliphatic carbocycles. The highest BCUT2D eigenvalue weighted by Crippen LogP contribution is 2.31. The van der Waals surface area contributed by atoms with E-state index >= 15 is 0 Å². The van der Waals surface area contributed by atoms with E-state index in [4.69, 9.17) is 5.73 Å². The summed E-state index contributed by atoms with van der Waals surface area (Å²) in [7, 11) is 0. The maximum Gasteiger partial charge on any atom is 0.224 e. The summed E-state index contributed by atoms with van der Waals surface area (Å²) in [5.41, 5.74) is 5.75. The molecule has 1 amide bonds. The van der Waals surface area contributed by atoms with Gasteiger partial charge in [0.2, 0.25) is 5.91 Å². The van der Waals surface area contributed by atoms with Crippen LogP contribution < -0.4 is 5.73 Å². The minimum atomic E-state index is 0.0846. The van der Waals surface area contributed by atoms with Crippen molar-refractivity contribution in [2.45, 2.75) is 38.6 Å². The van der Waals surface area contributed by atoms with Crippen molar-refractivity contribution in [3.05, 3.63) is 0 Å². The molecule has 0 bridgehead atoms. The Labute approximate surface area is 85.6 Å². The van der Waals surface area contributed by atoms with Crippen LogP contribution in [0, 0.1) is 11.8 Å². The summed E-state index contributed by atoms with van der Waals surface area (Å²) >= 11 is 0. The number of carbonyl (C=O) groups is 1. The Hall–Kier alpha value is -0.570. The predicted molar refractivity (Wildman–Crippen MR) is 55.7 cm³/mol. The average Bonchev–Trinajstić information content (AvgIpc) is 2.61. The van der Waals surface area contributed by atoms with Crippen LogP contribution in [0.25, 0.3) is 0 Å². The highest BCUT2D eigenvalue weighted by Gasteiger charge is 2.30. The number of hydrogen-bond acceptors (Lipinski definition) is 2. The van der Waals surface area contributed by atoms with Crippen molar-refractivity contribution in [1.82, 2.24) is 4.90 Å². The maximum atomic E-state index is 11.5. The van der Waals surface area contributed by atoms with E-state index < -0.39 is 0 Å². The molecule has 2 rings (SSSR count). The van der Waals surface area contributed by atoms with Gasteiger partial charge in [-0.15, -0.1) is 0 Å². The minimum absolute atomic E-state index is 0.0846. The molecule has 3 atom stereocenters. The first kappa shape index (κ1) is 9.97. The van der Waals surface area contributed by atoms with Gasteiger partial charge in [-0.25, -0.2) is 0 Å². The third-order valence-electron chi connectivity index (χ3n) is 3.53. The summed E-state index contributed by atoms with van der Waals surface area (Å²) in [5, 5.41) is 0. The van der Waals surface area contributed by atoms with E-state index in [1.807, 2.05) is 4.90 Å². The van der Waals surface area contributed by atoms with E-state index in [0.717, 1.165) is 24.9 Å². The molecule has 2 fully saturated rings. The zero-order valence-corrected chi connectivity index (χ0v) is 8.91. The lowest BCUT2D eigenvalue weighted by Gasteiger charge is -2.20. The van der Waals surface area contributed by atoms with E-state index in [0.29, 0.717) is 6.42 Å². The summed E-state index contributed by atoms with van der Waals surface area (Å²) in [6, 6.07) is 0.0846. The molecule has 0 aromatic carbocycles. The number of carbonyl (C=O) groups excluding carboxylic acids is 1. The number of hydrogen-bond donors (Lipinski definition) is 1. The number of nitrogens with two attached hydrogens (primary N) is 1. The summed E-state index contributed by atoms with van der Waals surface area (Å²) in [5.74, 6) is 1.85. The van der Waals surface area contributed by atoms with Crippen molar-refractivity contribution in [1.29, 1.82) is 0 Å². The van der Waals surface area contributed by atoms with Crippen LogP contribution in [0.2, 0.25) is 0 Å². The van der Waals surface area contributed by atoms with Crippen molar-refractivity contribution in [3.63, 3.8) is 0 Å². The summed E-state index contributed by atoms with van der Waals surface area (Å²) in [4.78, 5) is 13.5. The molecular weight excluding hydrogens is 176 g/mol. The average molecular weight is 196 g/mol. The van der Waals surface area contributed by atoms with Gasteiger partial charge in [0.05, 0.1) is 0 Å². The van der Waals surface area contributed by atoms with Gasteiger partial charge in [-0.05, 0) is 24.7 Å². The van der Waals surface area contributed by atoms with Gasteiger partial charge >= 0.3 is 0 Å². The standard InChI is InChI=1S/C11H20N2O/c1-8-2-3-9(4-8)6-13-7-10(12)5-11(13)14/h8-10H,2-7,12H2,1H3. The molecule has 80 valence electrons. The lowest BCUT2D eigenvalue weighted by Crippen LogP contribution is -2.32. The molecule has 0 aromatic heterocycles. The minimum Gasteiger partial charge on any atom is -0.341 e. The highest BCUT2D eigenvalue weighted by atomic mass is 16.2. The molecule has 1 aliphatic heterocycles. The highest BCUT2D eigenvalue weighted by molar-refractivity contribution is 5.79. The van der Waals surface area contributed by atoms with E-state index in [1.54, 1.807) is 0 Å². The number of likely N-dealkylation sites (tertiary alicyclic amines) is 1. The summed E-state index contributed by atoms with van der Waals surface area (Å²) < 4.78 is 0. The third-order valence-corrected chi connectivity index (χ3v) is 3.53. The van der Waals surface area contributed by atoms with Crippen molar-refractivity contribution in [2.75, 3.05) is 13.1 Å². The molecule has 0 aromatic rings. The first-order chi connectivity index (χ1) is 6.65. The fourth-order valence-electron chi connectivity index (χ4n) is 2.78. The largest absolute Gasteiger partial charge is 0.341 e. The maximum absolute atomic E-state index is 11.5. The lowest BCUT2D eigenvalue weighted by atomic mass is 10.1. The van der Waals surface area contributed by atoms with E-state index in [2.05, 4.69) is 6.92 Å². The van der Waals surface area contributed by atoms with Gasteiger partial charge < -0.3 is 10.6 Å². The second-order valence-corrected chi connectivity index (χ2v) is 5.05. The van der Waals surface area contributed by atoms with E-state index in [9.17, 15) is 4.79 Å². The SMILES string of the molecule is CC1CCC(CN2CC(N)CC2=O)C1. The van der Waals surface area contributed by atoms with Gasteiger partial charge in [-0.1, -0.05) is 13.3 Å². The molecule has 3 heteroatoms. The van der Waals surface area contributed by atoms with Crippen molar-refractivity contribution in [3.8, 4) is 0 Å². The first-order valence-corrected chi connectivity index (χ1v) is 5.68. The van der Waals surface area contributed by atoms with Gasteiger partial charge in [0.1, 0.15) is 0 Å². The van der Waals surface area contributed by atoms with Crippen LogP contribution >= 0.6 is 0 Å². The second kappa shape index (κ2) is 3.89. The Balaban J connectivity index is 1.83. The summed E-state index contributed by atoms with van der Waals surface area (Å²) in [6.07, 6.45) is 4.47. The van der Waals surface area contributed by atoms with Crippen molar-refractivity contribution < 1.29 is 4.79 Å². The van der Waals surface area contributed by atoms with Gasteiger partial charge in [0.15, 0.2) is 0 Å². The molecule has 1 saturated heterocycles. The molecule has 2 aliphatic rings. The van der Waals surface area contributed by atoms with Gasteiger partial charge in [-0.2, -0.15) is 0 Å². The normalized spacial score (nSPS) is 38.3. The smallest absolute Gasteiger partial charge is 0.224 e. The Bertz CT molecular complexity index is 229. The van der Waals surface area contributed by atoms with Crippen LogP contribution in [-0.4, -0.2) is 29.9 Å². The molecule has 14 heavy (non-hydrogen) atoms. The zero-order valence-electron chi connectivity index (χ0n) is 8.91. The Kier molecular flexibility index (Phi) is 2.77. The van der Waals surface area contributed by atoms with E-state index in [-0.39, 0.29) is 11.9 Å². The molecular formula is C11H20N2O. The Morgan fingerprint density at radius 3 is 2.79 bits per heavy atom. The van der Waals surface area contributed by atoms with Gasteiger partial charge in [0, 0.05) is 25.6 Å². The third kappa shape index (κ3) is 2.08. The Morgan fingerprint density at radius 1 is 1.50 bits per heavy atom. The van der Waals surface area contributed by atoms with Crippen LogP contribution in [0.15, 0.2) is 0 Å². The molecule has 3 nitrogen and oxygen atoms in total. The fraction of sp³-hybridized carbons (Fsp3) is 0.909. The van der Waals surface area contributed by atoms with E-state index in [1.165, 1.54) is 19.3 Å². The monoisotopic (exact) mass is 196 g/mol. The van der Waals surface area contributed by atoms with Crippen LogP contribution in [0.1, 0.15) is 32.6 Å². The quantitative estimate of drug-likeness (QED) is 0.715. The predicted octanol–water partition coefficient (Wildman–Crippen LogP) is 0.982. The fourth-order valence-corrected chi connectivity index (χ4v) is 2.78. The van der Waals surface area contributed by atoms with Crippen molar-refractivity contribution in [2.24, 2.45) is 17.6 Å². The van der Waals surface area contributed by atoms with Crippen LogP contribution in [-0.2, 0) is 4.79 Å². The molecule has 0 radical (unpaired) electrons. The van der Waals surface area contributed by atoms with Crippen LogP contribution in [0.3, 0.4) is 0 Å².